The first kappa shape index (κ1) is 19.2. The van der Waals surface area contributed by atoms with Crippen LogP contribution in [-0.4, -0.2) is 27.4 Å². The molecule has 0 unspecified atom stereocenters. The van der Waals surface area contributed by atoms with Gasteiger partial charge >= 0.3 is 0 Å². The van der Waals surface area contributed by atoms with Gasteiger partial charge in [0.15, 0.2) is 0 Å². The highest BCUT2D eigenvalue weighted by Gasteiger charge is 2.51. The smallest absolute Gasteiger partial charge is 0.240 e. The molecule has 27 heavy (non-hydrogen) atoms. The summed E-state index contributed by atoms with van der Waals surface area (Å²) in [7, 11) is -3.58. The van der Waals surface area contributed by atoms with E-state index in [1.165, 1.54) is 50.7 Å². The van der Waals surface area contributed by atoms with E-state index >= 15 is 0 Å². The van der Waals surface area contributed by atoms with Crippen molar-refractivity contribution in [2.24, 2.45) is 23.2 Å². The van der Waals surface area contributed by atoms with Crippen LogP contribution < -0.4 is 10.0 Å². The highest BCUT2D eigenvalue weighted by atomic mass is 35.5. The quantitative estimate of drug-likeness (QED) is 0.677. The maximum absolute atomic E-state index is 12.5. The van der Waals surface area contributed by atoms with Crippen molar-refractivity contribution in [3.05, 3.63) is 29.3 Å². The maximum Gasteiger partial charge on any atom is 0.240 e. The van der Waals surface area contributed by atoms with Crippen LogP contribution in [0.4, 0.5) is 0 Å². The lowest BCUT2D eigenvalue weighted by Crippen LogP contribution is -2.48. The topological polar surface area (TPSA) is 75.3 Å². The number of rotatable bonds is 7. The van der Waals surface area contributed by atoms with Crippen molar-refractivity contribution in [1.29, 1.82) is 0 Å². The predicted octanol–water partition coefficient (Wildman–Crippen LogP) is 3.34. The van der Waals surface area contributed by atoms with Gasteiger partial charge in [0.05, 0.1) is 4.90 Å². The Balaban J connectivity index is 1.24. The summed E-state index contributed by atoms with van der Waals surface area (Å²) in [5.74, 6) is 2.54. The van der Waals surface area contributed by atoms with Gasteiger partial charge in [-0.1, -0.05) is 11.6 Å². The average Bonchev–Trinajstić information content (AvgIpc) is 2.57. The molecule has 0 saturated heterocycles. The van der Waals surface area contributed by atoms with Crippen LogP contribution in [0, 0.1) is 23.2 Å². The van der Waals surface area contributed by atoms with Crippen molar-refractivity contribution in [3.8, 4) is 0 Å². The predicted molar refractivity (Wildman–Crippen MR) is 105 cm³/mol. The van der Waals surface area contributed by atoms with E-state index in [2.05, 4.69) is 10.0 Å². The first-order valence-electron chi connectivity index (χ1n) is 9.86. The van der Waals surface area contributed by atoms with Crippen LogP contribution >= 0.6 is 11.6 Å². The first-order chi connectivity index (χ1) is 12.8. The molecule has 0 radical (unpaired) electrons. The van der Waals surface area contributed by atoms with Gasteiger partial charge in [-0.05, 0) is 86.0 Å². The zero-order chi connectivity index (χ0) is 19.1. The average molecular weight is 411 g/mol. The molecule has 4 aliphatic carbocycles. The molecule has 148 valence electrons. The van der Waals surface area contributed by atoms with Gasteiger partial charge in [-0.15, -0.1) is 0 Å². The van der Waals surface area contributed by atoms with Crippen molar-refractivity contribution >= 4 is 27.5 Å². The number of carbonyl (C=O) groups is 1. The molecule has 2 N–H and O–H groups in total. The second kappa shape index (κ2) is 7.37. The highest BCUT2D eigenvalue weighted by Crippen LogP contribution is 2.61. The molecule has 4 aliphatic rings. The third-order valence-electron chi connectivity index (χ3n) is 6.56. The molecule has 7 heteroatoms. The molecular weight excluding hydrogens is 384 g/mol. The van der Waals surface area contributed by atoms with Crippen molar-refractivity contribution in [3.63, 3.8) is 0 Å². The number of hydrogen-bond acceptors (Lipinski definition) is 3. The largest absolute Gasteiger partial charge is 0.355 e. The van der Waals surface area contributed by atoms with E-state index in [0.29, 0.717) is 18.0 Å². The van der Waals surface area contributed by atoms with Gasteiger partial charge in [0.25, 0.3) is 0 Å². The Bertz CT molecular complexity index is 772. The van der Waals surface area contributed by atoms with Crippen molar-refractivity contribution in [1.82, 2.24) is 10.0 Å². The number of benzene rings is 1. The van der Waals surface area contributed by atoms with E-state index in [1.54, 1.807) is 12.1 Å². The highest BCUT2D eigenvalue weighted by molar-refractivity contribution is 7.89. The Labute approximate surface area is 166 Å². The number of nitrogens with one attached hydrogen (secondary N) is 2. The van der Waals surface area contributed by atoms with E-state index < -0.39 is 10.0 Å². The Morgan fingerprint density at radius 2 is 1.56 bits per heavy atom. The fraction of sp³-hybridized carbons (Fsp3) is 0.650. The van der Waals surface area contributed by atoms with E-state index in [-0.39, 0.29) is 22.8 Å². The maximum atomic E-state index is 12.5. The van der Waals surface area contributed by atoms with Crippen LogP contribution in [0.15, 0.2) is 29.2 Å². The Hall–Kier alpha value is -1.11. The SMILES string of the molecule is O=C(CC12CC3CC(CC(C3)C1)C2)NCCNS(=O)(=O)c1ccc(Cl)cc1. The molecule has 4 bridgehead atoms. The number of amides is 1. The molecule has 0 atom stereocenters. The standard InChI is InChI=1S/C20H27ClN2O3S/c21-17-1-3-18(4-2-17)27(25,26)23-6-5-22-19(24)13-20-10-14-7-15(11-20)9-16(8-14)12-20/h1-4,14-16,23H,5-13H2,(H,22,24). The minimum absolute atomic E-state index is 0.0580. The van der Waals surface area contributed by atoms with Gasteiger partial charge in [-0.3, -0.25) is 4.79 Å². The lowest BCUT2D eigenvalue weighted by Gasteiger charge is -2.56. The van der Waals surface area contributed by atoms with Gasteiger partial charge in [0.2, 0.25) is 15.9 Å². The van der Waals surface area contributed by atoms with Crippen LogP contribution in [-0.2, 0) is 14.8 Å². The summed E-state index contributed by atoms with van der Waals surface area (Å²) >= 11 is 5.79. The molecule has 1 amide bonds. The lowest BCUT2D eigenvalue weighted by atomic mass is 9.49. The lowest BCUT2D eigenvalue weighted by molar-refractivity contribution is -0.129. The van der Waals surface area contributed by atoms with E-state index in [9.17, 15) is 13.2 Å². The summed E-state index contributed by atoms with van der Waals surface area (Å²) in [6, 6.07) is 6.03. The molecule has 5 rings (SSSR count). The van der Waals surface area contributed by atoms with E-state index in [1.807, 2.05) is 0 Å². The second-order valence-electron chi connectivity index (χ2n) is 8.80. The Kier molecular flexibility index (Phi) is 5.25. The van der Waals surface area contributed by atoms with Gasteiger partial charge in [-0.2, -0.15) is 0 Å². The van der Waals surface area contributed by atoms with E-state index in [0.717, 1.165) is 17.8 Å². The van der Waals surface area contributed by atoms with Gasteiger partial charge in [0, 0.05) is 24.5 Å². The van der Waals surface area contributed by atoms with Gasteiger partial charge in [0.1, 0.15) is 0 Å². The molecule has 0 heterocycles. The molecule has 0 aliphatic heterocycles. The Morgan fingerprint density at radius 1 is 1.00 bits per heavy atom. The Morgan fingerprint density at radius 3 is 2.11 bits per heavy atom. The van der Waals surface area contributed by atoms with Gasteiger partial charge < -0.3 is 5.32 Å². The fourth-order valence-corrected chi connectivity index (χ4v) is 7.15. The van der Waals surface area contributed by atoms with Gasteiger partial charge in [-0.25, -0.2) is 13.1 Å². The van der Waals surface area contributed by atoms with Crippen LogP contribution in [0.1, 0.15) is 44.9 Å². The summed E-state index contributed by atoms with van der Waals surface area (Å²) in [5.41, 5.74) is 0.210. The van der Waals surface area contributed by atoms with Crippen LogP contribution in [0.2, 0.25) is 5.02 Å². The number of carbonyl (C=O) groups excluding carboxylic acids is 1. The molecule has 5 nitrogen and oxygen atoms in total. The van der Waals surface area contributed by atoms with Crippen LogP contribution in [0.5, 0.6) is 0 Å². The first-order valence-corrected chi connectivity index (χ1v) is 11.7. The summed E-state index contributed by atoms with van der Waals surface area (Å²) in [6.45, 7) is 0.482. The molecule has 1 aromatic rings. The van der Waals surface area contributed by atoms with Crippen LogP contribution in [0.25, 0.3) is 0 Å². The normalized spacial score (nSPS) is 31.8. The molecule has 1 aromatic carbocycles. The van der Waals surface area contributed by atoms with Crippen molar-refractivity contribution in [2.45, 2.75) is 49.8 Å². The molecule has 0 aromatic heterocycles. The van der Waals surface area contributed by atoms with Crippen LogP contribution in [0.3, 0.4) is 0 Å². The zero-order valence-corrected chi connectivity index (χ0v) is 17.0. The summed E-state index contributed by atoms with van der Waals surface area (Å²) in [4.78, 5) is 12.6. The monoisotopic (exact) mass is 410 g/mol. The fourth-order valence-electron chi connectivity index (χ4n) is 5.99. The zero-order valence-electron chi connectivity index (χ0n) is 15.4. The summed E-state index contributed by atoms with van der Waals surface area (Å²) in [6.07, 6.45) is 8.31. The molecule has 0 spiro atoms. The number of hydrogen-bond donors (Lipinski definition) is 2. The third kappa shape index (κ3) is 4.33. The third-order valence-corrected chi connectivity index (χ3v) is 8.29. The van der Waals surface area contributed by atoms with Crippen molar-refractivity contribution < 1.29 is 13.2 Å². The minimum atomic E-state index is -3.58. The number of sulfonamides is 1. The molecule has 4 saturated carbocycles. The molecule has 4 fully saturated rings. The summed E-state index contributed by atoms with van der Waals surface area (Å²) < 4.78 is 27.0. The minimum Gasteiger partial charge on any atom is -0.355 e. The summed E-state index contributed by atoms with van der Waals surface area (Å²) in [5, 5.41) is 3.40. The van der Waals surface area contributed by atoms with E-state index in [4.69, 9.17) is 11.6 Å². The van der Waals surface area contributed by atoms with Crippen molar-refractivity contribution in [2.75, 3.05) is 13.1 Å². The number of halogens is 1. The second-order valence-corrected chi connectivity index (χ2v) is 11.0. The molecular formula is C20H27ClN2O3S.